The van der Waals surface area contributed by atoms with Gasteiger partial charge in [-0.1, -0.05) is 33.1 Å². The van der Waals surface area contributed by atoms with Crippen molar-refractivity contribution in [3.63, 3.8) is 0 Å². The van der Waals surface area contributed by atoms with Gasteiger partial charge in [-0.3, -0.25) is 0 Å². The fourth-order valence-corrected chi connectivity index (χ4v) is 5.04. The van der Waals surface area contributed by atoms with Gasteiger partial charge >= 0.3 is 0 Å². The molecule has 2 aliphatic carbocycles. The summed E-state index contributed by atoms with van der Waals surface area (Å²) in [5.41, 5.74) is 0.855. The highest BCUT2D eigenvalue weighted by Crippen LogP contribution is 2.46. The van der Waals surface area contributed by atoms with Crippen LogP contribution in [-0.2, 0) is 0 Å². The number of nitrogens with zero attached hydrogens (tertiary/aromatic N) is 1. The molecule has 3 fully saturated rings. The molecule has 3 rings (SSSR count). The molecule has 1 spiro atoms. The number of hydrogen-bond acceptors (Lipinski definition) is 2. The Bertz CT molecular complexity index is 322. The van der Waals surface area contributed by atoms with E-state index in [4.69, 9.17) is 0 Å². The Morgan fingerprint density at radius 2 is 1.60 bits per heavy atom. The molecule has 116 valence electrons. The maximum Gasteiger partial charge on any atom is 0.0631 e. The summed E-state index contributed by atoms with van der Waals surface area (Å²) in [6.07, 6.45) is 12.5. The maximum absolute atomic E-state index is 10.5. The van der Waals surface area contributed by atoms with Crippen molar-refractivity contribution in [3.05, 3.63) is 0 Å². The van der Waals surface area contributed by atoms with Gasteiger partial charge in [0.25, 0.3) is 0 Å². The van der Waals surface area contributed by atoms with E-state index in [0.29, 0.717) is 11.3 Å². The normalized spacial score (nSPS) is 37.4. The first-order valence-corrected chi connectivity index (χ1v) is 8.91. The first-order chi connectivity index (χ1) is 9.51. The van der Waals surface area contributed by atoms with Crippen molar-refractivity contribution < 1.29 is 5.11 Å². The van der Waals surface area contributed by atoms with Crippen LogP contribution in [0.1, 0.15) is 71.6 Å². The van der Waals surface area contributed by atoms with Crippen LogP contribution in [0, 0.1) is 16.7 Å². The minimum absolute atomic E-state index is 0.0898. The Hall–Kier alpha value is -0.0800. The minimum Gasteiger partial charge on any atom is -0.392 e. The predicted molar refractivity (Wildman–Crippen MR) is 83.7 cm³/mol. The van der Waals surface area contributed by atoms with Gasteiger partial charge < -0.3 is 10.0 Å². The molecule has 0 aromatic carbocycles. The second-order valence-corrected chi connectivity index (χ2v) is 8.59. The van der Waals surface area contributed by atoms with Crippen molar-refractivity contribution in [3.8, 4) is 0 Å². The molecule has 1 aliphatic heterocycles. The van der Waals surface area contributed by atoms with Gasteiger partial charge in [0.05, 0.1) is 6.10 Å². The van der Waals surface area contributed by atoms with Gasteiger partial charge in [-0.2, -0.15) is 0 Å². The highest BCUT2D eigenvalue weighted by Gasteiger charge is 2.42. The molecule has 2 atom stereocenters. The summed E-state index contributed by atoms with van der Waals surface area (Å²) < 4.78 is 0. The van der Waals surface area contributed by atoms with Gasteiger partial charge in [-0.25, -0.2) is 0 Å². The number of hydrogen-bond donors (Lipinski definition) is 1. The Kier molecular flexibility index (Phi) is 4.16. The van der Waals surface area contributed by atoms with Crippen LogP contribution in [0.3, 0.4) is 0 Å². The van der Waals surface area contributed by atoms with E-state index >= 15 is 0 Å². The molecule has 2 heteroatoms. The molecule has 0 bridgehead atoms. The lowest BCUT2D eigenvalue weighted by Crippen LogP contribution is -2.44. The van der Waals surface area contributed by atoms with E-state index in [1.807, 2.05) is 0 Å². The third-order valence-electron chi connectivity index (χ3n) is 6.73. The van der Waals surface area contributed by atoms with E-state index in [0.717, 1.165) is 6.54 Å². The van der Waals surface area contributed by atoms with Crippen molar-refractivity contribution in [1.82, 2.24) is 4.90 Å². The van der Waals surface area contributed by atoms with Crippen LogP contribution in [0.2, 0.25) is 0 Å². The van der Waals surface area contributed by atoms with Crippen molar-refractivity contribution >= 4 is 0 Å². The van der Waals surface area contributed by atoms with Gasteiger partial charge in [-0.15, -0.1) is 0 Å². The van der Waals surface area contributed by atoms with Crippen LogP contribution in [0.4, 0.5) is 0 Å². The predicted octanol–water partition coefficient (Wildman–Crippen LogP) is 3.83. The third kappa shape index (κ3) is 2.92. The number of piperidine rings is 1. The molecule has 0 amide bonds. The summed E-state index contributed by atoms with van der Waals surface area (Å²) in [6, 6.07) is 0. The molecule has 1 heterocycles. The van der Waals surface area contributed by atoms with E-state index in [1.54, 1.807) is 0 Å². The van der Waals surface area contributed by atoms with Gasteiger partial charge in [0, 0.05) is 6.54 Å². The second kappa shape index (κ2) is 5.61. The average molecular weight is 279 g/mol. The summed E-state index contributed by atoms with van der Waals surface area (Å²) in [4.78, 5) is 2.65. The smallest absolute Gasteiger partial charge is 0.0631 e. The summed E-state index contributed by atoms with van der Waals surface area (Å²) in [6.45, 7) is 8.16. The monoisotopic (exact) mass is 279 g/mol. The summed E-state index contributed by atoms with van der Waals surface area (Å²) in [7, 11) is 0. The Morgan fingerprint density at radius 1 is 0.950 bits per heavy atom. The fourth-order valence-electron chi connectivity index (χ4n) is 5.04. The third-order valence-corrected chi connectivity index (χ3v) is 6.73. The lowest BCUT2D eigenvalue weighted by molar-refractivity contribution is 0.0140. The van der Waals surface area contributed by atoms with Crippen LogP contribution in [0.5, 0.6) is 0 Å². The standard InChI is InChI=1S/C18H33NO/c1-17(2)9-6-15(16(17)20)14-19-12-10-18(11-13-19)7-4-3-5-8-18/h15-16,20H,3-14H2,1-2H3. The molecule has 2 nitrogen and oxygen atoms in total. The van der Waals surface area contributed by atoms with E-state index in [9.17, 15) is 5.11 Å². The summed E-state index contributed by atoms with van der Waals surface area (Å²) in [5, 5.41) is 10.5. The largest absolute Gasteiger partial charge is 0.392 e. The van der Waals surface area contributed by atoms with Crippen LogP contribution in [0.25, 0.3) is 0 Å². The molecular formula is C18H33NO. The Balaban J connectivity index is 1.49. The van der Waals surface area contributed by atoms with Crippen LogP contribution in [0.15, 0.2) is 0 Å². The SMILES string of the molecule is CC1(C)CCC(CN2CCC3(CCCCC3)CC2)C1O. The molecule has 0 radical (unpaired) electrons. The van der Waals surface area contributed by atoms with Crippen molar-refractivity contribution in [2.24, 2.45) is 16.7 Å². The second-order valence-electron chi connectivity index (χ2n) is 8.59. The number of likely N-dealkylation sites (tertiary alicyclic amines) is 1. The lowest BCUT2D eigenvalue weighted by Gasteiger charge is -2.45. The molecule has 1 saturated heterocycles. The zero-order chi connectivity index (χ0) is 14.2. The first-order valence-electron chi connectivity index (χ1n) is 8.91. The Morgan fingerprint density at radius 3 is 2.15 bits per heavy atom. The quantitative estimate of drug-likeness (QED) is 0.830. The minimum atomic E-state index is -0.0898. The van der Waals surface area contributed by atoms with Crippen LogP contribution in [-0.4, -0.2) is 35.7 Å². The molecule has 3 aliphatic rings. The molecule has 2 unspecified atom stereocenters. The van der Waals surface area contributed by atoms with Gasteiger partial charge in [0.2, 0.25) is 0 Å². The molecule has 1 N–H and O–H groups in total. The highest BCUT2D eigenvalue weighted by molar-refractivity contribution is 4.94. The molecule has 20 heavy (non-hydrogen) atoms. The van der Waals surface area contributed by atoms with Gasteiger partial charge in [0.15, 0.2) is 0 Å². The molecule has 0 aromatic heterocycles. The highest BCUT2D eigenvalue weighted by atomic mass is 16.3. The first kappa shape index (κ1) is 14.8. The Labute approximate surface area is 124 Å². The zero-order valence-corrected chi connectivity index (χ0v) is 13.5. The molecular weight excluding hydrogens is 246 g/mol. The van der Waals surface area contributed by atoms with Gasteiger partial charge in [-0.05, 0) is 68.4 Å². The van der Waals surface area contributed by atoms with E-state index in [2.05, 4.69) is 18.7 Å². The maximum atomic E-state index is 10.5. The molecule has 0 aromatic rings. The number of rotatable bonds is 2. The van der Waals surface area contributed by atoms with E-state index in [-0.39, 0.29) is 11.5 Å². The number of aliphatic hydroxyl groups excluding tert-OH is 1. The van der Waals surface area contributed by atoms with E-state index < -0.39 is 0 Å². The average Bonchev–Trinajstić information content (AvgIpc) is 2.70. The zero-order valence-electron chi connectivity index (χ0n) is 13.5. The number of aliphatic hydroxyl groups is 1. The van der Waals surface area contributed by atoms with Crippen LogP contribution >= 0.6 is 0 Å². The van der Waals surface area contributed by atoms with Crippen LogP contribution < -0.4 is 0 Å². The lowest BCUT2D eigenvalue weighted by atomic mass is 9.68. The van der Waals surface area contributed by atoms with E-state index in [1.165, 1.54) is 70.9 Å². The summed E-state index contributed by atoms with van der Waals surface area (Å²) >= 11 is 0. The topological polar surface area (TPSA) is 23.5 Å². The van der Waals surface area contributed by atoms with Crippen molar-refractivity contribution in [2.45, 2.75) is 77.7 Å². The molecule has 2 saturated carbocycles. The summed E-state index contributed by atoms with van der Waals surface area (Å²) in [5.74, 6) is 0.519. The van der Waals surface area contributed by atoms with Crippen molar-refractivity contribution in [2.75, 3.05) is 19.6 Å². The fraction of sp³-hybridized carbons (Fsp3) is 1.00. The van der Waals surface area contributed by atoms with Crippen molar-refractivity contribution in [1.29, 1.82) is 0 Å². The van der Waals surface area contributed by atoms with Gasteiger partial charge in [0.1, 0.15) is 0 Å².